The minimum atomic E-state index is -4.60. The highest BCUT2D eigenvalue weighted by molar-refractivity contribution is 6.07. The summed E-state index contributed by atoms with van der Waals surface area (Å²) in [5.41, 5.74) is -0.887. The number of hydrogen-bond donors (Lipinski definition) is 1. The number of carbonyl (C=O) groups excluding carboxylic acids is 1. The van der Waals surface area contributed by atoms with Crippen LogP contribution in [0.1, 0.15) is 36.8 Å². The average molecular weight is 381 g/mol. The molecule has 8 heteroatoms. The molecule has 2 fully saturated rings. The zero-order valence-electron chi connectivity index (χ0n) is 14.5. The molecule has 1 aliphatic heterocycles. The number of anilines is 1. The molecule has 1 aromatic rings. The van der Waals surface area contributed by atoms with Gasteiger partial charge >= 0.3 is 6.18 Å². The fourth-order valence-electron chi connectivity index (χ4n) is 4.52. The molecule has 0 aromatic heterocycles. The zero-order chi connectivity index (χ0) is 19.2. The molecule has 2 aliphatic carbocycles. The molecule has 1 N–H and O–H groups in total. The summed E-state index contributed by atoms with van der Waals surface area (Å²) in [6.07, 6.45) is -0.901. The largest absolute Gasteiger partial charge is 0.417 e. The van der Waals surface area contributed by atoms with Crippen molar-refractivity contribution >= 4 is 23.6 Å². The van der Waals surface area contributed by atoms with Crippen LogP contribution < -0.4 is 5.32 Å². The summed E-state index contributed by atoms with van der Waals surface area (Å²) in [5.74, 6) is 0.375. The molecule has 1 heterocycles. The summed E-state index contributed by atoms with van der Waals surface area (Å²) in [6, 6.07) is 3.38. The molecule has 2 bridgehead atoms. The topological polar surface area (TPSA) is 53.8 Å². The molecule has 0 radical (unpaired) electrons. The maximum Gasteiger partial charge on any atom is 0.417 e. The summed E-state index contributed by atoms with van der Waals surface area (Å²) >= 11 is 0. The minimum Gasteiger partial charge on any atom is -0.326 e. The molecule has 0 spiro atoms. The lowest BCUT2D eigenvalue weighted by atomic mass is 9.96. The van der Waals surface area contributed by atoms with Crippen LogP contribution in [0.5, 0.6) is 0 Å². The molecule has 27 heavy (non-hydrogen) atoms. The predicted molar refractivity (Wildman–Crippen MR) is 93.8 cm³/mol. The normalized spacial score (nSPS) is 29.7. The van der Waals surface area contributed by atoms with E-state index in [0.717, 1.165) is 38.0 Å². The van der Waals surface area contributed by atoms with Gasteiger partial charge in [-0.1, -0.05) is 0 Å². The number of halogens is 4. The van der Waals surface area contributed by atoms with E-state index in [2.05, 4.69) is 15.3 Å². The number of amidine groups is 1. The molecule has 3 aliphatic rings. The molecular weight excluding hydrogens is 362 g/mol. The summed E-state index contributed by atoms with van der Waals surface area (Å²) in [5, 5.41) is 2.76. The number of nitrogens with zero attached hydrogens (tertiary/aromatic N) is 2. The number of alkyl halides is 4. The summed E-state index contributed by atoms with van der Waals surface area (Å²) in [6.45, 7) is -0.266. The van der Waals surface area contributed by atoms with Gasteiger partial charge in [0.15, 0.2) is 12.0 Å². The molecule has 0 saturated heterocycles. The van der Waals surface area contributed by atoms with Gasteiger partial charge in [-0.05, 0) is 55.7 Å². The van der Waals surface area contributed by atoms with Crippen molar-refractivity contribution in [1.82, 2.24) is 0 Å². The van der Waals surface area contributed by atoms with Crippen molar-refractivity contribution in [2.24, 2.45) is 27.7 Å². The van der Waals surface area contributed by atoms with Crippen LogP contribution in [0.15, 0.2) is 28.2 Å². The first-order valence-corrected chi connectivity index (χ1v) is 9.08. The van der Waals surface area contributed by atoms with Gasteiger partial charge in [0, 0.05) is 23.4 Å². The van der Waals surface area contributed by atoms with E-state index in [0.29, 0.717) is 11.8 Å². The second-order valence-corrected chi connectivity index (χ2v) is 7.41. The van der Waals surface area contributed by atoms with Gasteiger partial charge < -0.3 is 5.32 Å². The third-order valence-electron chi connectivity index (χ3n) is 5.74. The Morgan fingerprint density at radius 2 is 1.78 bits per heavy atom. The number of carbonyl (C=O) groups is 1. The van der Waals surface area contributed by atoms with Gasteiger partial charge in [0.25, 0.3) is 0 Å². The molecule has 1 aromatic carbocycles. The van der Waals surface area contributed by atoms with Gasteiger partial charge in [0.1, 0.15) is 0 Å². The van der Waals surface area contributed by atoms with Crippen LogP contribution in [-0.4, -0.2) is 30.7 Å². The molecule has 1 unspecified atom stereocenters. The number of benzene rings is 1. The van der Waals surface area contributed by atoms with E-state index >= 15 is 0 Å². The van der Waals surface area contributed by atoms with Crippen molar-refractivity contribution in [3.63, 3.8) is 0 Å². The highest BCUT2D eigenvalue weighted by Gasteiger charge is 2.45. The second kappa shape index (κ2) is 6.73. The van der Waals surface area contributed by atoms with E-state index in [9.17, 15) is 22.4 Å². The van der Waals surface area contributed by atoms with E-state index in [-0.39, 0.29) is 35.5 Å². The molecule has 144 valence electrons. The highest BCUT2D eigenvalue weighted by Crippen LogP contribution is 2.49. The van der Waals surface area contributed by atoms with E-state index in [4.69, 9.17) is 0 Å². The summed E-state index contributed by atoms with van der Waals surface area (Å²) < 4.78 is 53.3. The SMILES string of the molecule is O=C(Nc1ccc(C(F)(F)F)c(C2=NCC(F)C=N2)c1)C1C2CCC1CC2. The number of aliphatic imine (C=N–C) groups is 2. The Kier molecular flexibility index (Phi) is 4.52. The predicted octanol–water partition coefficient (Wildman–Crippen LogP) is 4.25. The third-order valence-corrected chi connectivity index (χ3v) is 5.74. The van der Waals surface area contributed by atoms with E-state index in [1.165, 1.54) is 12.1 Å². The van der Waals surface area contributed by atoms with Crippen molar-refractivity contribution in [3.05, 3.63) is 29.3 Å². The Balaban J connectivity index is 1.62. The van der Waals surface area contributed by atoms with Gasteiger partial charge in [-0.2, -0.15) is 13.2 Å². The van der Waals surface area contributed by atoms with Gasteiger partial charge in [-0.25, -0.2) is 9.38 Å². The van der Waals surface area contributed by atoms with Gasteiger partial charge in [0.05, 0.1) is 12.1 Å². The van der Waals surface area contributed by atoms with Crippen LogP contribution in [0.4, 0.5) is 23.2 Å². The molecule has 2 saturated carbocycles. The standard InChI is InChI=1S/C19H19F4N3O/c20-12-8-24-17(25-9-12)14-7-13(5-6-15(14)19(21,22)23)26-18(27)16-10-1-2-11(16)4-3-10/h5-8,10-12,16H,1-4,9H2,(H,26,27). The average Bonchev–Trinajstić information content (AvgIpc) is 3.22. The van der Waals surface area contributed by atoms with Crippen LogP contribution in [0, 0.1) is 17.8 Å². The number of fused-ring (bicyclic) bond motifs is 2. The van der Waals surface area contributed by atoms with Crippen LogP contribution in [-0.2, 0) is 11.0 Å². The Bertz CT molecular complexity index is 798. The smallest absolute Gasteiger partial charge is 0.326 e. The van der Waals surface area contributed by atoms with Crippen LogP contribution in [0.2, 0.25) is 0 Å². The van der Waals surface area contributed by atoms with Gasteiger partial charge in [-0.3, -0.25) is 9.79 Å². The van der Waals surface area contributed by atoms with Crippen molar-refractivity contribution < 1.29 is 22.4 Å². The number of nitrogens with one attached hydrogen (secondary N) is 1. The van der Waals surface area contributed by atoms with E-state index in [1.54, 1.807) is 0 Å². The van der Waals surface area contributed by atoms with Gasteiger partial charge in [-0.15, -0.1) is 0 Å². The molecule has 4 nitrogen and oxygen atoms in total. The van der Waals surface area contributed by atoms with Crippen LogP contribution in [0.3, 0.4) is 0 Å². The fraction of sp³-hybridized carbons (Fsp3) is 0.526. The Morgan fingerprint density at radius 1 is 1.11 bits per heavy atom. The number of hydrogen-bond acceptors (Lipinski definition) is 3. The van der Waals surface area contributed by atoms with E-state index in [1.807, 2.05) is 0 Å². The van der Waals surface area contributed by atoms with Crippen molar-refractivity contribution in [3.8, 4) is 0 Å². The Labute approximate surface area is 153 Å². The first kappa shape index (κ1) is 18.1. The quantitative estimate of drug-likeness (QED) is 0.782. The summed E-state index contributed by atoms with van der Waals surface area (Å²) in [7, 11) is 0. The number of amides is 1. The third kappa shape index (κ3) is 3.49. The van der Waals surface area contributed by atoms with E-state index < -0.39 is 17.9 Å². The molecular formula is C19H19F4N3O. The second-order valence-electron chi connectivity index (χ2n) is 7.41. The lowest BCUT2D eigenvalue weighted by Crippen LogP contribution is -2.26. The molecule has 1 amide bonds. The van der Waals surface area contributed by atoms with Crippen LogP contribution in [0.25, 0.3) is 0 Å². The molecule has 4 rings (SSSR count). The monoisotopic (exact) mass is 381 g/mol. The summed E-state index contributed by atoms with van der Waals surface area (Å²) in [4.78, 5) is 20.2. The Hall–Kier alpha value is -2.25. The highest BCUT2D eigenvalue weighted by atomic mass is 19.4. The minimum absolute atomic E-state index is 0.0620. The maximum atomic E-state index is 13.4. The number of rotatable bonds is 3. The Morgan fingerprint density at radius 3 is 2.33 bits per heavy atom. The van der Waals surface area contributed by atoms with Gasteiger partial charge in [0.2, 0.25) is 5.91 Å². The van der Waals surface area contributed by atoms with Crippen molar-refractivity contribution in [1.29, 1.82) is 0 Å². The molecule has 1 atom stereocenters. The first-order chi connectivity index (χ1) is 12.8. The maximum absolute atomic E-state index is 13.4. The van der Waals surface area contributed by atoms with Crippen LogP contribution >= 0.6 is 0 Å². The lowest BCUT2D eigenvalue weighted by molar-refractivity contribution is -0.137. The van der Waals surface area contributed by atoms with Crippen molar-refractivity contribution in [2.75, 3.05) is 11.9 Å². The zero-order valence-corrected chi connectivity index (χ0v) is 14.5. The lowest BCUT2D eigenvalue weighted by Gasteiger charge is -2.18. The van der Waals surface area contributed by atoms with Crippen molar-refractivity contribution in [2.45, 2.75) is 38.0 Å². The fourth-order valence-corrected chi connectivity index (χ4v) is 4.52. The first-order valence-electron chi connectivity index (χ1n) is 9.08.